The standard InChI is InChI=1S/C23H29NO4.ClH/c1-13(2)12-24-9-8-15-11-18(26-3)23(28-5)21-19(15)16(24)10-14-6-7-17(25)22(27-4)20(14)21;/h6-7,11,13,16,25H,8-10,12H2,1-5H3;1H. The summed E-state index contributed by atoms with van der Waals surface area (Å²) in [5.41, 5.74) is 5.80. The second kappa shape index (κ2) is 8.33. The first-order chi connectivity index (χ1) is 13.5. The van der Waals surface area contributed by atoms with Crippen molar-refractivity contribution in [2.24, 2.45) is 5.92 Å². The van der Waals surface area contributed by atoms with Gasteiger partial charge < -0.3 is 36.6 Å². The molecule has 2 aromatic rings. The van der Waals surface area contributed by atoms with Crippen molar-refractivity contribution in [1.82, 2.24) is 0 Å². The normalized spacial score (nSPS) is 19.1. The van der Waals surface area contributed by atoms with E-state index in [2.05, 4.69) is 19.9 Å². The minimum atomic E-state index is 0. The van der Waals surface area contributed by atoms with Gasteiger partial charge in [0.25, 0.3) is 0 Å². The van der Waals surface area contributed by atoms with E-state index in [9.17, 15) is 5.11 Å². The van der Waals surface area contributed by atoms with Gasteiger partial charge in [-0.1, -0.05) is 19.9 Å². The van der Waals surface area contributed by atoms with E-state index in [1.807, 2.05) is 6.07 Å². The minimum absolute atomic E-state index is 0. The largest absolute Gasteiger partial charge is 1.00 e. The maximum atomic E-state index is 10.5. The first-order valence-electron chi connectivity index (χ1n) is 10.0. The summed E-state index contributed by atoms with van der Waals surface area (Å²) in [6, 6.07) is 6.27. The summed E-state index contributed by atoms with van der Waals surface area (Å²) in [6.07, 6.45) is 1.95. The molecule has 2 aliphatic rings. The van der Waals surface area contributed by atoms with Gasteiger partial charge in [0.1, 0.15) is 6.04 Å². The molecule has 158 valence electrons. The molecule has 0 bridgehead atoms. The van der Waals surface area contributed by atoms with Crippen LogP contribution in [0.15, 0.2) is 18.2 Å². The molecule has 1 heterocycles. The summed E-state index contributed by atoms with van der Waals surface area (Å²) < 4.78 is 17.2. The van der Waals surface area contributed by atoms with E-state index < -0.39 is 0 Å². The number of aromatic hydroxyl groups is 1. The van der Waals surface area contributed by atoms with Crippen molar-refractivity contribution in [3.05, 3.63) is 34.9 Å². The number of ether oxygens (including phenoxy) is 3. The van der Waals surface area contributed by atoms with Crippen molar-refractivity contribution in [2.45, 2.75) is 32.7 Å². The van der Waals surface area contributed by atoms with Gasteiger partial charge in [-0.15, -0.1) is 0 Å². The van der Waals surface area contributed by atoms with Crippen molar-refractivity contribution >= 4 is 0 Å². The second-order valence-electron chi connectivity index (χ2n) is 8.22. The number of benzene rings is 2. The fourth-order valence-corrected chi connectivity index (χ4v) is 5.09. The first-order valence-corrected chi connectivity index (χ1v) is 10.0. The van der Waals surface area contributed by atoms with Crippen molar-refractivity contribution in [1.29, 1.82) is 0 Å². The highest BCUT2D eigenvalue weighted by molar-refractivity contribution is 5.88. The molecule has 2 aromatic carbocycles. The van der Waals surface area contributed by atoms with Crippen LogP contribution in [0.5, 0.6) is 23.0 Å². The maximum absolute atomic E-state index is 10.5. The summed E-state index contributed by atoms with van der Waals surface area (Å²) in [5.74, 6) is 2.76. The zero-order valence-electron chi connectivity index (χ0n) is 17.8. The van der Waals surface area contributed by atoms with Crippen LogP contribution in [0, 0.1) is 5.92 Å². The third kappa shape index (κ3) is 3.40. The van der Waals surface area contributed by atoms with Crippen LogP contribution in [0.2, 0.25) is 0 Å². The molecule has 6 heteroatoms. The Labute approximate surface area is 179 Å². The molecular weight excluding hydrogens is 390 g/mol. The number of phenols is 1. The van der Waals surface area contributed by atoms with Gasteiger partial charge in [-0.2, -0.15) is 0 Å². The van der Waals surface area contributed by atoms with Gasteiger partial charge in [0.2, 0.25) is 0 Å². The number of quaternary nitrogens is 1. The Kier molecular flexibility index (Phi) is 6.20. The zero-order chi connectivity index (χ0) is 20.0. The molecule has 0 aromatic heterocycles. The van der Waals surface area contributed by atoms with E-state index in [1.54, 1.807) is 32.3 Å². The van der Waals surface area contributed by atoms with E-state index >= 15 is 0 Å². The van der Waals surface area contributed by atoms with Gasteiger partial charge in [0, 0.05) is 35.4 Å². The molecule has 0 spiro atoms. The molecule has 4 rings (SSSR count). The fourth-order valence-electron chi connectivity index (χ4n) is 5.09. The van der Waals surface area contributed by atoms with Crippen LogP contribution < -0.4 is 31.5 Å². The highest BCUT2D eigenvalue weighted by Crippen LogP contribution is 2.54. The van der Waals surface area contributed by atoms with Crippen molar-refractivity contribution < 1.29 is 36.6 Å². The number of nitrogens with one attached hydrogen (secondary N) is 1. The minimum Gasteiger partial charge on any atom is -1.00 e. The molecule has 2 unspecified atom stereocenters. The molecule has 2 N–H and O–H groups in total. The van der Waals surface area contributed by atoms with Gasteiger partial charge in [-0.05, 0) is 23.3 Å². The Hall–Kier alpha value is -2.11. The third-order valence-corrected chi connectivity index (χ3v) is 6.12. The first kappa shape index (κ1) is 21.6. The molecule has 1 aliphatic carbocycles. The fraction of sp³-hybridized carbons (Fsp3) is 0.478. The Morgan fingerprint density at radius 2 is 1.76 bits per heavy atom. The number of fused-ring (bicyclic) bond motifs is 2. The molecule has 0 radical (unpaired) electrons. The van der Waals surface area contributed by atoms with Crippen LogP contribution in [-0.4, -0.2) is 39.5 Å². The average molecular weight is 420 g/mol. The number of hydrogen-bond acceptors (Lipinski definition) is 4. The number of halogens is 1. The Balaban J connectivity index is 0.00000240. The molecule has 29 heavy (non-hydrogen) atoms. The van der Waals surface area contributed by atoms with E-state index in [1.165, 1.54) is 16.7 Å². The van der Waals surface area contributed by atoms with Crippen LogP contribution in [0.3, 0.4) is 0 Å². The Bertz CT molecular complexity index is 912. The molecule has 1 aliphatic heterocycles. The summed E-state index contributed by atoms with van der Waals surface area (Å²) in [5, 5.41) is 10.5. The molecule has 0 saturated carbocycles. The molecular formula is C23H30ClNO4. The number of phenolic OH excluding ortho intramolecular Hbond substituents is 1. The van der Waals surface area contributed by atoms with E-state index in [0.29, 0.717) is 17.7 Å². The van der Waals surface area contributed by atoms with Gasteiger partial charge in [0.15, 0.2) is 23.0 Å². The number of rotatable bonds is 5. The second-order valence-corrected chi connectivity index (χ2v) is 8.22. The Morgan fingerprint density at radius 3 is 2.38 bits per heavy atom. The van der Waals surface area contributed by atoms with Crippen molar-refractivity contribution in [3.63, 3.8) is 0 Å². The van der Waals surface area contributed by atoms with Crippen LogP contribution >= 0.6 is 0 Å². The Morgan fingerprint density at radius 1 is 1.03 bits per heavy atom. The molecule has 0 saturated heterocycles. The quantitative estimate of drug-likeness (QED) is 0.704. The van der Waals surface area contributed by atoms with Gasteiger partial charge >= 0.3 is 0 Å². The third-order valence-electron chi connectivity index (χ3n) is 6.12. The molecule has 0 amide bonds. The monoisotopic (exact) mass is 419 g/mol. The highest BCUT2D eigenvalue weighted by Gasteiger charge is 2.41. The average Bonchev–Trinajstić information content (AvgIpc) is 2.69. The van der Waals surface area contributed by atoms with Gasteiger partial charge in [-0.3, -0.25) is 0 Å². The SMILES string of the molecule is COc1cc2c3c(c1OC)-c1c(ccc(O)c1OC)CC3[NH+](CC(C)C)CC2.[Cl-]. The number of methoxy groups -OCH3 is 3. The van der Waals surface area contributed by atoms with Gasteiger partial charge in [0.05, 0.1) is 34.4 Å². The van der Waals surface area contributed by atoms with Crippen LogP contribution in [0.4, 0.5) is 0 Å². The lowest BCUT2D eigenvalue weighted by Crippen LogP contribution is -3.14. The summed E-state index contributed by atoms with van der Waals surface area (Å²) >= 11 is 0. The van der Waals surface area contributed by atoms with Crippen LogP contribution in [0.1, 0.15) is 36.6 Å². The van der Waals surface area contributed by atoms with Crippen LogP contribution in [0.25, 0.3) is 11.1 Å². The van der Waals surface area contributed by atoms with E-state index in [4.69, 9.17) is 14.2 Å². The zero-order valence-corrected chi connectivity index (χ0v) is 18.5. The molecule has 2 atom stereocenters. The smallest absolute Gasteiger partial charge is 0.169 e. The number of hydrogen-bond donors (Lipinski definition) is 2. The summed E-state index contributed by atoms with van der Waals surface area (Å²) in [6.45, 7) is 6.84. The summed E-state index contributed by atoms with van der Waals surface area (Å²) in [4.78, 5) is 1.62. The predicted molar refractivity (Wildman–Crippen MR) is 109 cm³/mol. The highest BCUT2D eigenvalue weighted by atomic mass is 35.5. The lowest BCUT2D eigenvalue weighted by Gasteiger charge is -2.40. The molecule has 5 nitrogen and oxygen atoms in total. The van der Waals surface area contributed by atoms with Crippen LogP contribution in [-0.2, 0) is 12.8 Å². The van der Waals surface area contributed by atoms with E-state index in [-0.39, 0.29) is 18.2 Å². The van der Waals surface area contributed by atoms with Crippen molar-refractivity contribution in [3.8, 4) is 34.1 Å². The van der Waals surface area contributed by atoms with E-state index in [0.717, 1.165) is 48.6 Å². The lowest BCUT2D eigenvalue weighted by atomic mass is 9.75. The molecule has 0 fully saturated rings. The predicted octanol–water partition coefficient (Wildman–Crippen LogP) is -0.217. The lowest BCUT2D eigenvalue weighted by molar-refractivity contribution is -0.936. The maximum Gasteiger partial charge on any atom is 0.169 e. The summed E-state index contributed by atoms with van der Waals surface area (Å²) in [7, 11) is 4.97. The topological polar surface area (TPSA) is 52.4 Å². The van der Waals surface area contributed by atoms with Crippen molar-refractivity contribution in [2.75, 3.05) is 34.4 Å². The van der Waals surface area contributed by atoms with Gasteiger partial charge in [-0.25, -0.2) is 0 Å².